The number of benzene rings is 1. The van der Waals surface area contributed by atoms with E-state index in [9.17, 15) is 9.50 Å². The van der Waals surface area contributed by atoms with Crippen molar-refractivity contribution < 1.29 is 14.2 Å². The highest BCUT2D eigenvalue weighted by Gasteiger charge is 2.40. The summed E-state index contributed by atoms with van der Waals surface area (Å²) >= 11 is 0. The van der Waals surface area contributed by atoms with Gasteiger partial charge in [0.05, 0.1) is 6.20 Å². The molecule has 24 heavy (non-hydrogen) atoms. The topological polar surface area (TPSA) is 63.4 Å². The molecule has 1 saturated heterocycles. The van der Waals surface area contributed by atoms with Gasteiger partial charge < -0.3 is 9.84 Å². The van der Waals surface area contributed by atoms with Crippen LogP contribution in [-0.4, -0.2) is 51.2 Å². The summed E-state index contributed by atoms with van der Waals surface area (Å²) in [6, 6.07) is 6.57. The highest BCUT2D eigenvalue weighted by molar-refractivity contribution is 5.23. The van der Waals surface area contributed by atoms with Crippen LogP contribution in [-0.2, 0) is 5.60 Å². The second-order valence-corrected chi connectivity index (χ2v) is 6.51. The number of rotatable bonds is 6. The van der Waals surface area contributed by atoms with Crippen molar-refractivity contribution in [2.45, 2.75) is 31.9 Å². The number of aliphatic hydroxyl groups is 1. The fourth-order valence-electron chi connectivity index (χ4n) is 2.86. The van der Waals surface area contributed by atoms with Gasteiger partial charge in [0.15, 0.2) is 11.6 Å². The number of para-hydroxylation sites is 1. The van der Waals surface area contributed by atoms with Gasteiger partial charge in [0.25, 0.3) is 0 Å². The number of aromatic nitrogens is 3. The third kappa shape index (κ3) is 3.57. The lowest BCUT2D eigenvalue weighted by Gasteiger charge is -2.21. The molecule has 0 amide bonds. The second kappa shape index (κ2) is 6.86. The summed E-state index contributed by atoms with van der Waals surface area (Å²) in [6.45, 7) is 6.24. The SMILES string of the molecule is CC(C)n1cc(C2(O)CCN(CCOc3ccccc3F)C2)nn1. The maximum Gasteiger partial charge on any atom is 0.165 e. The molecule has 3 rings (SSSR count). The first-order chi connectivity index (χ1) is 11.5. The van der Waals surface area contributed by atoms with Crippen LogP contribution in [0.4, 0.5) is 4.39 Å². The summed E-state index contributed by atoms with van der Waals surface area (Å²) in [6.07, 6.45) is 2.41. The maximum atomic E-state index is 13.5. The smallest absolute Gasteiger partial charge is 0.165 e. The fraction of sp³-hybridized carbons (Fsp3) is 0.529. The molecule has 0 spiro atoms. The molecule has 0 aliphatic carbocycles. The minimum Gasteiger partial charge on any atom is -0.489 e. The van der Waals surface area contributed by atoms with Gasteiger partial charge >= 0.3 is 0 Å². The van der Waals surface area contributed by atoms with Crippen LogP contribution < -0.4 is 4.74 Å². The molecule has 1 N–H and O–H groups in total. The van der Waals surface area contributed by atoms with Crippen LogP contribution in [0.2, 0.25) is 0 Å². The lowest BCUT2D eigenvalue weighted by molar-refractivity contribution is 0.0402. The molecule has 2 aromatic rings. The molecule has 6 nitrogen and oxygen atoms in total. The van der Waals surface area contributed by atoms with E-state index < -0.39 is 5.60 Å². The average Bonchev–Trinajstić information content (AvgIpc) is 3.17. The van der Waals surface area contributed by atoms with Gasteiger partial charge in [-0.25, -0.2) is 9.07 Å². The van der Waals surface area contributed by atoms with Gasteiger partial charge in [-0.05, 0) is 32.4 Å². The van der Waals surface area contributed by atoms with Gasteiger partial charge in [-0.15, -0.1) is 5.10 Å². The number of ether oxygens (including phenoxy) is 1. The first-order valence-electron chi connectivity index (χ1n) is 8.22. The molecule has 1 aromatic heterocycles. The predicted octanol–water partition coefficient (Wildman–Crippen LogP) is 1.97. The van der Waals surface area contributed by atoms with Crippen molar-refractivity contribution in [1.29, 1.82) is 0 Å². The van der Waals surface area contributed by atoms with Crippen LogP contribution in [0.15, 0.2) is 30.5 Å². The molecule has 1 aromatic carbocycles. The first-order valence-corrected chi connectivity index (χ1v) is 8.22. The molecule has 1 atom stereocenters. The monoisotopic (exact) mass is 334 g/mol. The Bertz CT molecular complexity index is 691. The largest absolute Gasteiger partial charge is 0.489 e. The Kier molecular flexibility index (Phi) is 4.82. The van der Waals surface area contributed by atoms with Gasteiger partial charge in [0, 0.05) is 25.7 Å². The van der Waals surface area contributed by atoms with Gasteiger partial charge in [0.1, 0.15) is 17.9 Å². The lowest BCUT2D eigenvalue weighted by Crippen LogP contribution is -2.33. The Morgan fingerprint density at radius 2 is 2.17 bits per heavy atom. The number of nitrogens with zero attached hydrogens (tertiary/aromatic N) is 4. The molecule has 7 heteroatoms. The summed E-state index contributed by atoms with van der Waals surface area (Å²) in [5.74, 6) is -0.104. The van der Waals surface area contributed by atoms with Crippen molar-refractivity contribution in [3.05, 3.63) is 42.0 Å². The van der Waals surface area contributed by atoms with Crippen molar-refractivity contribution >= 4 is 0 Å². The molecule has 0 radical (unpaired) electrons. The zero-order chi connectivity index (χ0) is 17.2. The van der Waals surface area contributed by atoms with E-state index in [4.69, 9.17) is 4.74 Å². The number of hydrogen-bond acceptors (Lipinski definition) is 5. The van der Waals surface area contributed by atoms with Crippen LogP contribution in [0, 0.1) is 5.82 Å². The lowest BCUT2D eigenvalue weighted by atomic mass is 10.00. The Balaban J connectivity index is 1.54. The number of likely N-dealkylation sites (tertiary alicyclic amines) is 1. The van der Waals surface area contributed by atoms with Crippen molar-refractivity contribution in [2.24, 2.45) is 0 Å². The Morgan fingerprint density at radius 1 is 1.38 bits per heavy atom. The van der Waals surface area contributed by atoms with Gasteiger partial charge in [0.2, 0.25) is 0 Å². The predicted molar refractivity (Wildman–Crippen MR) is 87.3 cm³/mol. The van der Waals surface area contributed by atoms with E-state index in [1.165, 1.54) is 6.07 Å². The molecule has 0 saturated carbocycles. The standard InChI is InChI=1S/C17H23FN4O2/c1-13(2)22-11-16(19-20-22)17(23)7-8-21(12-17)9-10-24-15-6-4-3-5-14(15)18/h3-6,11,13,23H,7-10,12H2,1-2H3. The maximum absolute atomic E-state index is 13.5. The van der Waals surface area contributed by atoms with E-state index in [1.807, 2.05) is 20.0 Å². The van der Waals surface area contributed by atoms with Crippen molar-refractivity contribution in [2.75, 3.05) is 26.2 Å². The van der Waals surface area contributed by atoms with Crippen LogP contribution in [0.25, 0.3) is 0 Å². The first kappa shape index (κ1) is 16.9. The average molecular weight is 334 g/mol. The van der Waals surface area contributed by atoms with Crippen molar-refractivity contribution in [3.8, 4) is 5.75 Å². The highest BCUT2D eigenvalue weighted by atomic mass is 19.1. The summed E-state index contributed by atoms with van der Waals surface area (Å²) in [4.78, 5) is 2.09. The molecule has 1 unspecified atom stereocenters. The number of β-amino-alcohol motifs (C(OH)–C–C–N with tert-alkyl or cyclic N) is 1. The van der Waals surface area contributed by atoms with Gasteiger partial charge in [-0.2, -0.15) is 0 Å². The van der Waals surface area contributed by atoms with E-state index >= 15 is 0 Å². The fourth-order valence-corrected chi connectivity index (χ4v) is 2.86. The molecule has 130 valence electrons. The molecule has 2 heterocycles. The van der Waals surface area contributed by atoms with E-state index in [0.29, 0.717) is 31.8 Å². The minimum absolute atomic E-state index is 0.210. The summed E-state index contributed by atoms with van der Waals surface area (Å²) in [7, 11) is 0. The second-order valence-electron chi connectivity index (χ2n) is 6.51. The van der Waals surface area contributed by atoms with E-state index in [-0.39, 0.29) is 17.6 Å². The summed E-state index contributed by atoms with van der Waals surface area (Å²) in [5.41, 5.74) is -0.376. The molecular formula is C17H23FN4O2. The molecule has 1 aliphatic rings. The zero-order valence-electron chi connectivity index (χ0n) is 14.0. The van der Waals surface area contributed by atoms with Gasteiger partial charge in [-0.3, -0.25) is 4.90 Å². The Morgan fingerprint density at radius 3 is 2.88 bits per heavy atom. The summed E-state index contributed by atoms with van der Waals surface area (Å²) in [5, 5.41) is 19.0. The number of hydrogen-bond donors (Lipinski definition) is 1. The van der Waals surface area contributed by atoms with Crippen LogP contribution in [0.3, 0.4) is 0 Å². The quantitative estimate of drug-likeness (QED) is 0.875. The molecular weight excluding hydrogens is 311 g/mol. The molecule has 0 bridgehead atoms. The third-order valence-electron chi connectivity index (χ3n) is 4.34. The van der Waals surface area contributed by atoms with Crippen LogP contribution >= 0.6 is 0 Å². The zero-order valence-corrected chi connectivity index (χ0v) is 14.0. The third-order valence-corrected chi connectivity index (χ3v) is 4.34. The van der Waals surface area contributed by atoms with Crippen molar-refractivity contribution in [3.63, 3.8) is 0 Å². The van der Waals surface area contributed by atoms with E-state index in [1.54, 1.807) is 22.9 Å². The Labute approximate surface area is 140 Å². The highest BCUT2D eigenvalue weighted by Crippen LogP contribution is 2.30. The van der Waals surface area contributed by atoms with E-state index in [2.05, 4.69) is 15.2 Å². The van der Waals surface area contributed by atoms with Crippen LogP contribution in [0.5, 0.6) is 5.75 Å². The van der Waals surface area contributed by atoms with Crippen LogP contribution in [0.1, 0.15) is 32.0 Å². The van der Waals surface area contributed by atoms with Crippen molar-refractivity contribution in [1.82, 2.24) is 19.9 Å². The minimum atomic E-state index is -0.981. The molecule has 1 fully saturated rings. The number of halogens is 1. The van der Waals surface area contributed by atoms with Gasteiger partial charge in [-0.1, -0.05) is 17.3 Å². The van der Waals surface area contributed by atoms with E-state index in [0.717, 1.165) is 6.54 Å². The Hall–Kier alpha value is -1.99. The normalized spacial score (nSPS) is 21.5. The molecule has 1 aliphatic heterocycles. The summed E-state index contributed by atoms with van der Waals surface area (Å²) < 4.78 is 20.7.